The van der Waals surface area contributed by atoms with Crippen LogP contribution in [0.15, 0.2) is 0 Å². The lowest BCUT2D eigenvalue weighted by Gasteiger charge is -2.07. The van der Waals surface area contributed by atoms with Gasteiger partial charge in [0.15, 0.2) is 0 Å². The van der Waals surface area contributed by atoms with Gasteiger partial charge in [-0.15, -0.1) is 0 Å². The van der Waals surface area contributed by atoms with Crippen molar-refractivity contribution in [1.82, 2.24) is 5.32 Å². The third kappa shape index (κ3) is 8.22. The third-order valence-corrected chi connectivity index (χ3v) is 1.49. The Morgan fingerprint density at radius 3 is 2.75 bits per heavy atom. The number of halogens is 1. The van der Waals surface area contributed by atoms with Crippen molar-refractivity contribution in [3.8, 4) is 0 Å². The van der Waals surface area contributed by atoms with E-state index in [4.69, 9.17) is 7.80 Å². The van der Waals surface area contributed by atoms with E-state index in [9.17, 15) is 4.79 Å². The minimum Gasteiger partial charge on any atom is -0.369 e. The fourth-order valence-electron chi connectivity index (χ4n) is 0.522. The molecule has 0 aliphatic rings. The molecule has 0 fully saturated rings. The monoisotopic (exact) mass is 287 g/mol. The summed E-state index contributed by atoms with van der Waals surface area (Å²) in [7, 11) is 0. The summed E-state index contributed by atoms with van der Waals surface area (Å²) in [6, 6.07) is 0. The van der Waals surface area contributed by atoms with Crippen LogP contribution in [-0.2, 0) is 12.6 Å². The molecular weight excluding hydrogens is 273 g/mol. The van der Waals surface area contributed by atoms with Gasteiger partial charge in [0.2, 0.25) is 5.91 Å². The Morgan fingerprint density at radius 1 is 1.58 bits per heavy atom. The molecule has 5 heteroatoms. The molecule has 12 heavy (non-hydrogen) atoms. The summed E-state index contributed by atoms with van der Waals surface area (Å²) < 4.78 is 9.81. The maximum Gasteiger partial charge on any atom is 0.246 e. The summed E-state index contributed by atoms with van der Waals surface area (Å²) in [5.41, 5.74) is 0. The number of carbonyl (C=O) groups is 1. The van der Waals surface area contributed by atoms with Gasteiger partial charge in [-0.05, 0) is 13.8 Å². The van der Waals surface area contributed by atoms with Gasteiger partial charge in [0.05, 0.1) is 12.7 Å². The fourth-order valence-corrected chi connectivity index (χ4v) is 0.743. The predicted octanol–water partition coefficient (Wildman–Crippen LogP) is 0.894. The molecule has 0 aromatic heterocycles. The highest BCUT2D eigenvalue weighted by Crippen LogP contribution is 1.86. The van der Waals surface area contributed by atoms with E-state index in [-0.39, 0.29) is 18.6 Å². The van der Waals surface area contributed by atoms with E-state index < -0.39 is 0 Å². The quantitative estimate of drug-likeness (QED) is 0.583. The zero-order chi connectivity index (χ0) is 9.40. The molecule has 1 amide bonds. The van der Waals surface area contributed by atoms with E-state index in [2.05, 4.69) is 5.32 Å². The Balaban J connectivity index is 3.22. The van der Waals surface area contributed by atoms with Gasteiger partial charge in [0, 0.05) is 6.54 Å². The second kappa shape index (κ2) is 7.75. The van der Waals surface area contributed by atoms with E-state index in [0.29, 0.717) is 13.2 Å². The third-order valence-electron chi connectivity index (χ3n) is 1.05. The summed E-state index contributed by atoms with van der Waals surface area (Å²) in [5.74, 6) is -0.0999. The van der Waals surface area contributed by atoms with Crippen molar-refractivity contribution in [2.75, 3.05) is 19.8 Å². The fraction of sp³-hybridized carbons (Fsp3) is 0.857. The lowest BCUT2D eigenvalue weighted by molar-refractivity contribution is -0.127. The highest BCUT2D eigenvalue weighted by molar-refractivity contribution is 14.1. The van der Waals surface area contributed by atoms with E-state index in [0.717, 1.165) is 0 Å². The summed E-state index contributed by atoms with van der Waals surface area (Å²) in [5, 5.41) is 2.65. The molecule has 0 aliphatic heterocycles. The molecule has 0 atom stereocenters. The Labute approximate surface area is 86.7 Å². The zero-order valence-corrected chi connectivity index (χ0v) is 9.46. The van der Waals surface area contributed by atoms with E-state index in [1.54, 1.807) is 23.0 Å². The molecule has 0 aliphatic carbocycles. The Kier molecular flexibility index (Phi) is 7.83. The van der Waals surface area contributed by atoms with Crippen molar-refractivity contribution < 1.29 is 12.6 Å². The number of nitrogens with one attached hydrogen (secondary N) is 1. The van der Waals surface area contributed by atoms with Crippen LogP contribution in [0.1, 0.15) is 13.8 Å². The van der Waals surface area contributed by atoms with Gasteiger partial charge >= 0.3 is 0 Å². The normalized spacial score (nSPS) is 10.3. The Morgan fingerprint density at radius 2 is 2.25 bits per heavy atom. The summed E-state index contributed by atoms with van der Waals surface area (Å²) >= 11 is 1.78. The molecule has 0 unspecified atom stereocenters. The molecule has 0 bridgehead atoms. The summed E-state index contributed by atoms with van der Waals surface area (Å²) in [6.45, 7) is 4.96. The second-order valence-electron chi connectivity index (χ2n) is 2.52. The maximum atomic E-state index is 10.9. The second-order valence-corrected chi connectivity index (χ2v) is 3.15. The van der Waals surface area contributed by atoms with Gasteiger partial charge in [0.1, 0.15) is 29.6 Å². The van der Waals surface area contributed by atoms with Crippen LogP contribution in [0, 0.1) is 0 Å². The zero-order valence-electron chi connectivity index (χ0n) is 7.30. The molecule has 0 saturated heterocycles. The van der Waals surface area contributed by atoms with Crippen LogP contribution in [0.5, 0.6) is 0 Å². The van der Waals surface area contributed by atoms with Gasteiger partial charge in [-0.2, -0.15) is 0 Å². The number of hydrogen-bond acceptors (Lipinski definition) is 3. The van der Waals surface area contributed by atoms with Crippen molar-refractivity contribution in [2.24, 2.45) is 0 Å². The van der Waals surface area contributed by atoms with Crippen molar-refractivity contribution in [3.05, 3.63) is 0 Å². The van der Waals surface area contributed by atoms with Crippen molar-refractivity contribution in [1.29, 1.82) is 0 Å². The van der Waals surface area contributed by atoms with Crippen LogP contribution in [0.3, 0.4) is 0 Å². The molecule has 1 N–H and O–H groups in total. The number of ether oxygens (including phenoxy) is 1. The lowest BCUT2D eigenvalue weighted by Crippen LogP contribution is -2.31. The van der Waals surface area contributed by atoms with Gasteiger partial charge < -0.3 is 13.1 Å². The summed E-state index contributed by atoms with van der Waals surface area (Å²) in [6.07, 6.45) is 0.0941. The molecule has 72 valence electrons. The van der Waals surface area contributed by atoms with Crippen LogP contribution < -0.4 is 5.32 Å². The Bertz CT molecular complexity index is 130. The van der Waals surface area contributed by atoms with Gasteiger partial charge in [-0.25, -0.2) is 0 Å². The molecule has 0 heterocycles. The van der Waals surface area contributed by atoms with Gasteiger partial charge in [-0.1, -0.05) is 0 Å². The number of rotatable bonds is 6. The first-order chi connectivity index (χ1) is 5.66. The van der Waals surface area contributed by atoms with Crippen LogP contribution in [-0.4, -0.2) is 31.8 Å². The molecule has 0 radical (unpaired) electrons. The van der Waals surface area contributed by atoms with Crippen LogP contribution in [0.25, 0.3) is 0 Å². The first-order valence-electron chi connectivity index (χ1n) is 3.78. The number of hydrogen-bond donors (Lipinski definition) is 1. The minimum atomic E-state index is -0.0999. The number of amides is 1. The van der Waals surface area contributed by atoms with Gasteiger partial charge in [-0.3, -0.25) is 4.79 Å². The lowest BCUT2D eigenvalue weighted by atomic mass is 10.5. The average molecular weight is 287 g/mol. The SMILES string of the molecule is CC(C)OCC(=O)NCCOI. The van der Waals surface area contributed by atoms with Crippen LogP contribution in [0.2, 0.25) is 0 Å². The first-order valence-corrected chi connectivity index (χ1v) is 4.66. The van der Waals surface area contributed by atoms with Crippen molar-refractivity contribution in [2.45, 2.75) is 20.0 Å². The Hall–Kier alpha value is 0.120. The molecule has 0 aromatic carbocycles. The van der Waals surface area contributed by atoms with Crippen molar-refractivity contribution in [3.63, 3.8) is 0 Å². The molecule has 0 rings (SSSR count). The molecule has 0 aromatic rings. The molecule has 4 nitrogen and oxygen atoms in total. The molecule has 0 saturated carbocycles. The van der Waals surface area contributed by atoms with Crippen LogP contribution in [0.4, 0.5) is 0 Å². The minimum absolute atomic E-state index is 0.0941. The number of carbonyl (C=O) groups excluding carboxylic acids is 1. The molecular formula is C7H14INO3. The molecule has 0 spiro atoms. The van der Waals surface area contributed by atoms with E-state index >= 15 is 0 Å². The highest BCUT2D eigenvalue weighted by Gasteiger charge is 2.01. The summed E-state index contributed by atoms with van der Waals surface area (Å²) in [4.78, 5) is 10.9. The standard InChI is InChI=1S/C7H14INO3/c1-6(2)11-5-7(10)9-3-4-12-8/h6H,3-5H2,1-2H3,(H,9,10). The highest BCUT2D eigenvalue weighted by atomic mass is 127. The largest absolute Gasteiger partial charge is 0.369 e. The van der Waals surface area contributed by atoms with E-state index in [1.165, 1.54) is 0 Å². The average Bonchev–Trinajstić information content (AvgIpc) is 2.01. The topological polar surface area (TPSA) is 47.6 Å². The smallest absolute Gasteiger partial charge is 0.246 e. The predicted molar refractivity (Wildman–Crippen MR) is 54.1 cm³/mol. The van der Waals surface area contributed by atoms with Gasteiger partial charge in [0.25, 0.3) is 0 Å². The van der Waals surface area contributed by atoms with E-state index in [1.807, 2.05) is 13.8 Å². The maximum absolute atomic E-state index is 10.9. The first kappa shape index (κ1) is 12.1. The van der Waals surface area contributed by atoms with Crippen LogP contribution >= 0.6 is 23.0 Å². The van der Waals surface area contributed by atoms with Crippen molar-refractivity contribution >= 4 is 28.9 Å².